The lowest BCUT2D eigenvalue weighted by atomic mass is 10.0. The summed E-state index contributed by atoms with van der Waals surface area (Å²) in [4.78, 5) is 0.700. The minimum Gasteiger partial charge on any atom is -0.491 e. The summed E-state index contributed by atoms with van der Waals surface area (Å²) < 4.78 is 35.2. The number of rotatable bonds is 4. The Balaban J connectivity index is 1.75. The van der Waals surface area contributed by atoms with E-state index in [1.165, 1.54) is 17.4 Å². The summed E-state index contributed by atoms with van der Waals surface area (Å²) in [6.45, 7) is 4.23. The van der Waals surface area contributed by atoms with Crippen LogP contribution in [-0.4, -0.2) is 6.61 Å². The summed E-state index contributed by atoms with van der Waals surface area (Å²) >= 11 is 1.24. The van der Waals surface area contributed by atoms with Crippen LogP contribution in [0.4, 0.5) is 8.78 Å². The average Bonchev–Trinajstić information content (AvgIpc) is 3.09. The zero-order valence-corrected chi connectivity index (χ0v) is 15.9. The predicted molar refractivity (Wildman–Crippen MR) is 109 cm³/mol. The molecule has 0 amide bonds. The molecule has 0 fully saturated rings. The first-order valence-electron chi connectivity index (χ1n) is 8.78. The Labute approximate surface area is 160 Å². The Morgan fingerprint density at radius 3 is 2.33 bits per heavy atom. The smallest absolute Gasteiger partial charge is 0.182 e. The second kappa shape index (κ2) is 7.12. The molecule has 0 aliphatic rings. The first kappa shape index (κ1) is 17.7. The van der Waals surface area contributed by atoms with Gasteiger partial charge < -0.3 is 4.74 Å². The molecule has 27 heavy (non-hydrogen) atoms. The Bertz CT molecular complexity index is 1110. The molecule has 0 atom stereocenters. The fraction of sp³-hybridized carbons (Fsp3) is 0.130. The molecule has 4 rings (SSSR count). The lowest BCUT2D eigenvalue weighted by Crippen LogP contribution is -1.93. The summed E-state index contributed by atoms with van der Waals surface area (Å²) in [6.07, 6.45) is 0. The van der Waals surface area contributed by atoms with Gasteiger partial charge in [0.15, 0.2) is 11.6 Å². The van der Waals surface area contributed by atoms with Gasteiger partial charge in [-0.2, -0.15) is 0 Å². The second-order valence-corrected chi connectivity index (χ2v) is 7.45. The van der Waals surface area contributed by atoms with E-state index >= 15 is 0 Å². The lowest BCUT2D eigenvalue weighted by Gasteiger charge is -2.06. The van der Waals surface area contributed by atoms with Gasteiger partial charge in [0.25, 0.3) is 0 Å². The monoisotopic (exact) mass is 380 g/mol. The van der Waals surface area contributed by atoms with Crippen LogP contribution < -0.4 is 4.74 Å². The van der Waals surface area contributed by atoms with Gasteiger partial charge in [0.1, 0.15) is 5.82 Å². The SMILES string of the molecule is CCOc1ccc2cc(-c3ccc(-c4ccc(C)cc4)cc3F)sc2c1F. The van der Waals surface area contributed by atoms with Crippen molar-refractivity contribution in [3.8, 4) is 27.3 Å². The lowest BCUT2D eigenvalue weighted by molar-refractivity contribution is 0.323. The van der Waals surface area contributed by atoms with Gasteiger partial charge in [-0.1, -0.05) is 35.9 Å². The predicted octanol–water partition coefficient (Wildman–Crippen LogP) is 7.22. The molecule has 1 heterocycles. The standard InChI is InChI=1S/C23H18F2OS/c1-3-26-20-11-9-17-13-21(27-23(17)22(20)25)18-10-8-16(12-19(18)24)15-6-4-14(2)5-7-15/h4-13H,3H2,1-2H3. The summed E-state index contributed by atoms with van der Waals surface area (Å²) in [5, 5.41) is 0.748. The van der Waals surface area contributed by atoms with Gasteiger partial charge in [-0.15, -0.1) is 11.3 Å². The first-order chi connectivity index (χ1) is 13.1. The molecule has 0 unspecified atom stereocenters. The maximum atomic E-state index is 14.8. The summed E-state index contributed by atoms with van der Waals surface area (Å²) in [6, 6.07) is 18.4. The molecule has 0 saturated carbocycles. The highest BCUT2D eigenvalue weighted by atomic mass is 32.1. The zero-order chi connectivity index (χ0) is 19.0. The third-order valence-corrected chi connectivity index (χ3v) is 5.69. The number of fused-ring (bicyclic) bond motifs is 1. The maximum Gasteiger partial charge on any atom is 0.182 e. The van der Waals surface area contributed by atoms with E-state index in [2.05, 4.69) is 0 Å². The molecule has 3 aromatic carbocycles. The van der Waals surface area contributed by atoms with Gasteiger partial charge in [0.05, 0.1) is 11.3 Å². The highest BCUT2D eigenvalue weighted by Crippen LogP contribution is 2.39. The van der Waals surface area contributed by atoms with Crippen molar-refractivity contribution in [2.45, 2.75) is 13.8 Å². The van der Waals surface area contributed by atoms with Crippen LogP contribution in [0.15, 0.2) is 60.7 Å². The highest BCUT2D eigenvalue weighted by Gasteiger charge is 2.15. The number of hydrogen-bond donors (Lipinski definition) is 0. The molecular formula is C23H18F2OS. The van der Waals surface area contributed by atoms with Gasteiger partial charge in [0.2, 0.25) is 0 Å². The van der Waals surface area contributed by atoms with E-state index in [0.29, 0.717) is 21.7 Å². The average molecular weight is 380 g/mol. The van der Waals surface area contributed by atoms with Crippen molar-refractivity contribution in [2.75, 3.05) is 6.61 Å². The van der Waals surface area contributed by atoms with Gasteiger partial charge in [-0.05, 0) is 60.7 Å². The van der Waals surface area contributed by atoms with Crippen LogP contribution in [0, 0.1) is 18.6 Å². The molecule has 0 spiro atoms. The molecule has 1 nitrogen and oxygen atoms in total. The summed E-state index contributed by atoms with van der Waals surface area (Å²) in [5.74, 6) is -0.471. The van der Waals surface area contributed by atoms with Crippen LogP contribution in [0.5, 0.6) is 5.75 Å². The highest BCUT2D eigenvalue weighted by molar-refractivity contribution is 7.22. The number of ether oxygens (including phenoxy) is 1. The molecule has 0 radical (unpaired) electrons. The molecule has 4 aromatic rings. The van der Waals surface area contributed by atoms with Crippen LogP contribution in [-0.2, 0) is 0 Å². The largest absolute Gasteiger partial charge is 0.491 e. The van der Waals surface area contributed by atoms with Crippen molar-refractivity contribution in [1.29, 1.82) is 0 Å². The first-order valence-corrected chi connectivity index (χ1v) is 9.60. The normalized spacial score (nSPS) is 11.1. The number of hydrogen-bond acceptors (Lipinski definition) is 2. The van der Waals surface area contributed by atoms with Crippen LogP contribution in [0.2, 0.25) is 0 Å². The van der Waals surface area contributed by atoms with Gasteiger partial charge in [-0.25, -0.2) is 8.78 Å². The van der Waals surface area contributed by atoms with Crippen LogP contribution in [0.1, 0.15) is 12.5 Å². The maximum absolute atomic E-state index is 14.8. The van der Waals surface area contributed by atoms with Gasteiger partial charge >= 0.3 is 0 Å². The molecule has 0 aliphatic carbocycles. The van der Waals surface area contributed by atoms with Gasteiger partial charge in [0, 0.05) is 10.4 Å². The van der Waals surface area contributed by atoms with Gasteiger partial charge in [-0.3, -0.25) is 0 Å². The molecule has 136 valence electrons. The van der Waals surface area contributed by atoms with E-state index in [1.807, 2.05) is 56.3 Å². The second-order valence-electron chi connectivity index (χ2n) is 6.40. The molecular weight excluding hydrogens is 362 g/mol. The third-order valence-electron chi connectivity index (χ3n) is 4.51. The van der Waals surface area contributed by atoms with E-state index in [4.69, 9.17) is 4.74 Å². The molecule has 0 saturated heterocycles. The number of thiophene rings is 1. The van der Waals surface area contributed by atoms with Crippen molar-refractivity contribution in [1.82, 2.24) is 0 Å². The van der Waals surface area contributed by atoms with Crippen LogP contribution in [0.25, 0.3) is 31.7 Å². The molecule has 1 aromatic heterocycles. The fourth-order valence-corrected chi connectivity index (χ4v) is 4.21. The molecule has 0 aliphatic heterocycles. The van der Waals surface area contributed by atoms with E-state index in [1.54, 1.807) is 12.1 Å². The Hall–Kier alpha value is -2.72. The topological polar surface area (TPSA) is 9.23 Å². The van der Waals surface area contributed by atoms with Crippen molar-refractivity contribution < 1.29 is 13.5 Å². The molecule has 4 heteroatoms. The van der Waals surface area contributed by atoms with E-state index < -0.39 is 0 Å². The molecule has 0 bridgehead atoms. The third kappa shape index (κ3) is 3.33. The minimum absolute atomic E-state index is 0.230. The van der Waals surface area contributed by atoms with Crippen molar-refractivity contribution in [3.63, 3.8) is 0 Å². The van der Waals surface area contributed by atoms with Crippen molar-refractivity contribution in [2.24, 2.45) is 0 Å². The quantitative estimate of drug-likeness (QED) is 0.363. The summed E-state index contributed by atoms with van der Waals surface area (Å²) in [7, 11) is 0. The Kier molecular flexibility index (Phi) is 4.66. The number of benzene rings is 3. The van der Waals surface area contributed by atoms with E-state index in [9.17, 15) is 8.78 Å². The van der Waals surface area contributed by atoms with E-state index in [-0.39, 0.29) is 17.4 Å². The fourth-order valence-electron chi connectivity index (χ4n) is 3.09. The Morgan fingerprint density at radius 1 is 0.889 bits per heavy atom. The summed E-state index contributed by atoms with van der Waals surface area (Å²) in [5.41, 5.74) is 3.43. The number of halogens is 2. The number of aryl methyl sites for hydroxylation is 1. The zero-order valence-electron chi connectivity index (χ0n) is 15.1. The van der Waals surface area contributed by atoms with Crippen LogP contribution >= 0.6 is 11.3 Å². The van der Waals surface area contributed by atoms with Crippen LogP contribution in [0.3, 0.4) is 0 Å². The minimum atomic E-state index is -0.387. The Morgan fingerprint density at radius 2 is 1.63 bits per heavy atom. The van der Waals surface area contributed by atoms with Crippen molar-refractivity contribution in [3.05, 3.63) is 77.9 Å². The van der Waals surface area contributed by atoms with Crippen molar-refractivity contribution >= 4 is 21.4 Å². The van der Waals surface area contributed by atoms with E-state index in [0.717, 1.165) is 22.1 Å². The molecule has 0 N–H and O–H groups in total.